The van der Waals surface area contributed by atoms with Crippen LogP contribution in [0.3, 0.4) is 0 Å². The Morgan fingerprint density at radius 2 is 1.37 bits per heavy atom. The number of nitrogens with one attached hydrogen (secondary N) is 2. The van der Waals surface area contributed by atoms with E-state index in [0.717, 1.165) is 46.6 Å². The van der Waals surface area contributed by atoms with Crippen molar-refractivity contribution in [2.45, 2.75) is 84.7 Å². The fraction of sp³-hybridized carbons (Fsp3) is 0.471. The maximum atomic E-state index is 12.0. The van der Waals surface area contributed by atoms with E-state index in [0.29, 0.717) is 35.1 Å². The Morgan fingerprint density at radius 1 is 0.860 bits per heavy atom. The van der Waals surface area contributed by atoms with E-state index in [1.165, 1.54) is 45.5 Å². The molecule has 1 heterocycles. The number of methoxy groups -OCH3 is 3. The number of esters is 2. The number of hydrogen-bond acceptors (Lipinski definition) is 7. The van der Waals surface area contributed by atoms with Gasteiger partial charge < -0.3 is 24.9 Å². The summed E-state index contributed by atoms with van der Waals surface area (Å²) in [6, 6.07) is 7.69. The van der Waals surface area contributed by atoms with Crippen LogP contribution in [0.15, 0.2) is 30.5 Å². The van der Waals surface area contributed by atoms with E-state index >= 15 is 0 Å². The molecule has 0 atom stereocenters. The van der Waals surface area contributed by atoms with Crippen molar-refractivity contribution in [3.8, 4) is 11.4 Å². The van der Waals surface area contributed by atoms with Crippen LogP contribution in [0.1, 0.15) is 118 Å². The molecule has 232 valence electrons. The average Bonchev–Trinajstić information content (AvgIpc) is 3.40. The van der Waals surface area contributed by atoms with E-state index in [9.17, 15) is 9.59 Å². The van der Waals surface area contributed by atoms with Crippen LogP contribution in [0.5, 0.6) is 0 Å². The topological polar surface area (TPSA) is 140 Å². The molecule has 0 bridgehead atoms. The maximum absolute atomic E-state index is 12.0. The van der Waals surface area contributed by atoms with Gasteiger partial charge in [-0.2, -0.15) is 0 Å². The minimum atomic E-state index is -0.379. The first-order chi connectivity index (χ1) is 20.7. The summed E-state index contributed by atoms with van der Waals surface area (Å²) in [4.78, 5) is 31.4. The molecule has 5 rings (SSSR count). The van der Waals surface area contributed by atoms with Crippen molar-refractivity contribution in [1.82, 2.24) is 9.97 Å². The van der Waals surface area contributed by atoms with Gasteiger partial charge >= 0.3 is 11.9 Å². The molecule has 0 spiro atoms. The van der Waals surface area contributed by atoms with Gasteiger partial charge in [0.05, 0.1) is 43.8 Å². The highest BCUT2D eigenvalue weighted by Crippen LogP contribution is 2.42. The smallest absolute Gasteiger partial charge is 0.338 e. The number of aryl methyl sites for hydroxylation is 2. The lowest BCUT2D eigenvalue weighted by atomic mass is 9.77. The molecule has 43 heavy (non-hydrogen) atoms. The average molecular weight is 591 g/mol. The number of carbonyl (C=O) groups excluding carboxylic acids is 2. The van der Waals surface area contributed by atoms with Crippen LogP contribution < -0.4 is 5.73 Å². The molecule has 0 amide bonds. The molecule has 9 nitrogen and oxygen atoms in total. The largest absolute Gasteiger partial charge is 0.465 e. The maximum Gasteiger partial charge on any atom is 0.338 e. The third-order valence-electron chi connectivity index (χ3n) is 8.17. The normalized spacial score (nSPS) is 14.2. The highest BCUT2D eigenvalue weighted by atomic mass is 16.5. The third kappa shape index (κ3) is 7.70. The summed E-state index contributed by atoms with van der Waals surface area (Å²) < 4.78 is 14.8. The Morgan fingerprint density at radius 3 is 1.84 bits per heavy atom. The number of nitrogen functional groups attached to an aromatic ring is 1. The number of amidine groups is 1. The first-order valence-corrected chi connectivity index (χ1v) is 15.0. The standard InChI is InChI=1S/C18H22N2O3.C14H18N2O2.C2H6/c1-11-7-15(12-5-4-6-12)16(8-14(11)18(21)23-3)17-19-9-13(20-17)10-22-2;1-8-6-11(9-4-3-5-9)12(13(15)16)7-10(8)14(17)18-2;1-2/h7-9,12H,4-6,10H2,1-3H3,(H,19,20);6-7,9H,3-5H2,1-2H3,(H3,15,16);1-2H3. The first kappa shape index (κ1) is 33.5. The highest BCUT2D eigenvalue weighted by molar-refractivity contribution is 6.00. The molecule has 1 aromatic heterocycles. The SMILES string of the molecule is CC.COC(=O)c1cc(C(=N)N)c(C2CCC2)cc1C.COCc1cnc(-c2cc(C(=O)OC)c(C)cc2C2CCC2)[nH]1. The van der Waals surface area contributed by atoms with Gasteiger partial charge in [-0.1, -0.05) is 38.8 Å². The number of benzene rings is 2. The Bertz CT molecular complexity index is 1440. The van der Waals surface area contributed by atoms with Gasteiger partial charge in [-0.25, -0.2) is 14.6 Å². The van der Waals surface area contributed by atoms with E-state index in [1.54, 1.807) is 19.4 Å². The highest BCUT2D eigenvalue weighted by Gasteiger charge is 2.27. The van der Waals surface area contributed by atoms with Crippen molar-refractivity contribution in [2.24, 2.45) is 5.73 Å². The molecule has 3 aromatic rings. The van der Waals surface area contributed by atoms with Gasteiger partial charge in [0.25, 0.3) is 0 Å². The number of carbonyl (C=O) groups is 2. The summed E-state index contributed by atoms with van der Waals surface area (Å²) in [5.41, 5.74) is 13.5. The molecule has 0 radical (unpaired) electrons. The Kier molecular flexibility index (Phi) is 12.1. The van der Waals surface area contributed by atoms with Crippen molar-refractivity contribution >= 4 is 17.8 Å². The van der Waals surface area contributed by atoms with E-state index in [4.69, 9.17) is 25.4 Å². The Hall–Kier alpha value is -3.98. The molecule has 0 unspecified atom stereocenters. The van der Waals surface area contributed by atoms with Crippen LogP contribution in [0, 0.1) is 19.3 Å². The lowest BCUT2D eigenvalue weighted by Crippen LogP contribution is -2.20. The quantitative estimate of drug-likeness (QED) is 0.147. The zero-order valence-corrected chi connectivity index (χ0v) is 26.6. The third-order valence-corrected chi connectivity index (χ3v) is 8.17. The van der Waals surface area contributed by atoms with Gasteiger partial charge in [0, 0.05) is 18.2 Å². The number of aromatic amines is 1. The Labute approximate surface area is 255 Å². The molecule has 2 aliphatic rings. The number of rotatable bonds is 8. The van der Waals surface area contributed by atoms with Gasteiger partial charge in [-0.3, -0.25) is 5.41 Å². The minimum absolute atomic E-state index is 0.0158. The van der Waals surface area contributed by atoms with Crippen molar-refractivity contribution in [2.75, 3.05) is 21.3 Å². The predicted octanol–water partition coefficient (Wildman–Crippen LogP) is 6.95. The number of nitrogens with two attached hydrogens (primary N) is 1. The summed E-state index contributed by atoms with van der Waals surface area (Å²) in [6.45, 7) is 8.33. The number of imidazole rings is 1. The molecular formula is C34H46N4O5. The summed E-state index contributed by atoms with van der Waals surface area (Å²) in [7, 11) is 4.42. The van der Waals surface area contributed by atoms with Crippen LogP contribution in [-0.4, -0.2) is 49.1 Å². The molecular weight excluding hydrogens is 544 g/mol. The van der Waals surface area contributed by atoms with Crippen molar-refractivity contribution < 1.29 is 23.8 Å². The second-order valence-electron chi connectivity index (χ2n) is 10.9. The number of hydrogen-bond donors (Lipinski definition) is 3. The lowest BCUT2D eigenvalue weighted by molar-refractivity contribution is 0.0591. The predicted molar refractivity (Wildman–Crippen MR) is 169 cm³/mol. The zero-order chi connectivity index (χ0) is 31.7. The molecule has 0 saturated heterocycles. The molecule has 9 heteroatoms. The monoisotopic (exact) mass is 590 g/mol. The van der Waals surface area contributed by atoms with Crippen LogP contribution in [0.4, 0.5) is 0 Å². The fourth-order valence-corrected chi connectivity index (χ4v) is 5.40. The van der Waals surface area contributed by atoms with Gasteiger partial charge in [-0.05, 0) is 85.8 Å². The summed E-state index contributed by atoms with van der Waals surface area (Å²) in [5.74, 6) is 1.13. The zero-order valence-electron chi connectivity index (χ0n) is 26.6. The van der Waals surface area contributed by atoms with Gasteiger partial charge in [0.15, 0.2) is 0 Å². The molecule has 2 saturated carbocycles. The number of aromatic nitrogens is 2. The van der Waals surface area contributed by atoms with Crippen LogP contribution in [0.2, 0.25) is 0 Å². The van der Waals surface area contributed by atoms with Crippen LogP contribution in [-0.2, 0) is 20.8 Å². The van der Waals surface area contributed by atoms with Crippen LogP contribution >= 0.6 is 0 Å². The molecule has 2 aromatic carbocycles. The van der Waals surface area contributed by atoms with Gasteiger partial charge in [0.2, 0.25) is 0 Å². The number of H-pyrrole nitrogens is 1. The van der Waals surface area contributed by atoms with Crippen molar-refractivity contribution in [3.63, 3.8) is 0 Å². The van der Waals surface area contributed by atoms with Gasteiger partial charge in [-0.15, -0.1) is 0 Å². The van der Waals surface area contributed by atoms with Gasteiger partial charge in [0.1, 0.15) is 11.7 Å². The fourth-order valence-electron chi connectivity index (χ4n) is 5.40. The molecule has 4 N–H and O–H groups in total. The lowest BCUT2D eigenvalue weighted by Gasteiger charge is -2.28. The van der Waals surface area contributed by atoms with E-state index < -0.39 is 0 Å². The van der Waals surface area contributed by atoms with E-state index in [-0.39, 0.29) is 17.8 Å². The second kappa shape index (κ2) is 15.5. The van der Waals surface area contributed by atoms with Crippen molar-refractivity contribution in [3.05, 3.63) is 75.1 Å². The summed E-state index contributed by atoms with van der Waals surface area (Å²) in [5, 5.41) is 7.66. The summed E-state index contributed by atoms with van der Waals surface area (Å²) >= 11 is 0. The first-order valence-electron chi connectivity index (χ1n) is 15.0. The van der Waals surface area contributed by atoms with E-state index in [2.05, 4.69) is 16.0 Å². The summed E-state index contributed by atoms with van der Waals surface area (Å²) in [6.07, 6.45) is 8.91. The Balaban J connectivity index is 0.000000229. The molecule has 2 aliphatic carbocycles. The minimum Gasteiger partial charge on any atom is -0.465 e. The second-order valence-corrected chi connectivity index (χ2v) is 10.9. The van der Waals surface area contributed by atoms with Crippen molar-refractivity contribution in [1.29, 1.82) is 5.41 Å². The number of nitrogens with zero attached hydrogens (tertiary/aromatic N) is 1. The number of ether oxygens (including phenoxy) is 3. The van der Waals surface area contributed by atoms with E-state index in [1.807, 2.05) is 39.8 Å². The molecule has 0 aliphatic heterocycles. The molecule has 2 fully saturated rings. The van der Waals surface area contributed by atoms with Crippen LogP contribution in [0.25, 0.3) is 11.4 Å².